The van der Waals surface area contributed by atoms with Gasteiger partial charge >= 0.3 is 0 Å². The number of nitrogens with two attached hydrogens (primary N) is 2. The molecular formula is C18H15ClF2N6. The molecule has 2 heterocycles. The van der Waals surface area contributed by atoms with Crippen LogP contribution in [0.5, 0.6) is 0 Å². The van der Waals surface area contributed by atoms with E-state index in [4.69, 9.17) is 23.1 Å². The normalized spacial score (nSPS) is 19.6. The van der Waals surface area contributed by atoms with Crippen molar-refractivity contribution in [2.24, 2.45) is 16.5 Å². The SMILES string of the molecule is Cc1nc2cc(F)ccc2n1C1=CC(N)=NC(N)(c2ccc(Cl)c(F)c2)N1. The summed E-state index contributed by atoms with van der Waals surface area (Å²) in [5, 5.41) is 3.04. The van der Waals surface area contributed by atoms with Crippen LogP contribution in [0.1, 0.15) is 11.4 Å². The number of amidine groups is 1. The van der Waals surface area contributed by atoms with Gasteiger partial charge in [0, 0.05) is 17.7 Å². The Morgan fingerprint density at radius 1 is 1.19 bits per heavy atom. The zero-order valence-electron chi connectivity index (χ0n) is 14.2. The number of aryl methyl sites for hydroxylation is 1. The Hall–Kier alpha value is -2.97. The van der Waals surface area contributed by atoms with Gasteiger partial charge in [0.05, 0.1) is 16.1 Å². The molecular weight excluding hydrogens is 374 g/mol. The molecule has 3 aromatic rings. The van der Waals surface area contributed by atoms with Crippen molar-refractivity contribution in [2.45, 2.75) is 12.7 Å². The number of hydrogen-bond donors (Lipinski definition) is 3. The third kappa shape index (κ3) is 2.92. The maximum absolute atomic E-state index is 13.9. The molecule has 0 fully saturated rings. The molecule has 0 bridgehead atoms. The van der Waals surface area contributed by atoms with Crippen molar-refractivity contribution >= 4 is 34.3 Å². The van der Waals surface area contributed by atoms with Gasteiger partial charge in [-0.05, 0) is 31.2 Å². The van der Waals surface area contributed by atoms with Crippen molar-refractivity contribution in [1.82, 2.24) is 14.9 Å². The predicted octanol–water partition coefficient (Wildman–Crippen LogP) is 2.80. The summed E-state index contributed by atoms with van der Waals surface area (Å²) in [5.74, 6) is -1.30. The van der Waals surface area contributed by atoms with Crippen LogP contribution in [-0.4, -0.2) is 15.4 Å². The van der Waals surface area contributed by atoms with E-state index in [0.717, 1.165) is 0 Å². The first-order valence-corrected chi connectivity index (χ1v) is 8.39. The summed E-state index contributed by atoms with van der Waals surface area (Å²) in [5.41, 5.74) is 13.8. The molecule has 0 saturated carbocycles. The molecule has 138 valence electrons. The van der Waals surface area contributed by atoms with Gasteiger partial charge in [-0.3, -0.25) is 10.3 Å². The van der Waals surface area contributed by atoms with E-state index in [9.17, 15) is 8.78 Å². The molecule has 6 nitrogen and oxygen atoms in total. The van der Waals surface area contributed by atoms with E-state index in [1.54, 1.807) is 29.7 Å². The van der Waals surface area contributed by atoms with Crippen molar-refractivity contribution < 1.29 is 8.78 Å². The Morgan fingerprint density at radius 2 is 1.96 bits per heavy atom. The predicted molar refractivity (Wildman–Crippen MR) is 101 cm³/mol. The van der Waals surface area contributed by atoms with Crippen LogP contribution < -0.4 is 16.8 Å². The van der Waals surface area contributed by atoms with Crippen LogP contribution in [0.25, 0.3) is 16.9 Å². The lowest BCUT2D eigenvalue weighted by atomic mass is 10.1. The Bertz CT molecular complexity index is 1140. The molecule has 4 rings (SSSR count). The maximum Gasteiger partial charge on any atom is 0.212 e. The molecule has 1 unspecified atom stereocenters. The molecule has 0 spiro atoms. The smallest absolute Gasteiger partial charge is 0.212 e. The lowest BCUT2D eigenvalue weighted by Crippen LogP contribution is -2.52. The Morgan fingerprint density at radius 3 is 2.70 bits per heavy atom. The van der Waals surface area contributed by atoms with E-state index >= 15 is 0 Å². The molecule has 0 radical (unpaired) electrons. The van der Waals surface area contributed by atoms with Crippen LogP contribution >= 0.6 is 11.6 Å². The van der Waals surface area contributed by atoms with Gasteiger partial charge in [0.25, 0.3) is 0 Å². The zero-order chi connectivity index (χ0) is 19.3. The topological polar surface area (TPSA) is 94.2 Å². The summed E-state index contributed by atoms with van der Waals surface area (Å²) in [6.07, 6.45) is 1.58. The van der Waals surface area contributed by atoms with Gasteiger partial charge in [-0.25, -0.2) is 18.8 Å². The summed E-state index contributed by atoms with van der Waals surface area (Å²) in [4.78, 5) is 8.58. The van der Waals surface area contributed by atoms with Gasteiger partial charge in [0.2, 0.25) is 5.79 Å². The first-order valence-electron chi connectivity index (χ1n) is 8.01. The second-order valence-electron chi connectivity index (χ2n) is 6.21. The van der Waals surface area contributed by atoms with Crippen molar-refractivity contribution in [3.63, 3.8) is 0 Å². The second-order valence-corrected chi connectivity index (χ2v) is 6.62. The number of rotatable bonds is 2. The van der Waals surface area contributed by atoms with E-state index in [2.05, 4.69) is 15.3 Å². The average molecular weight is 389 g/mol. The van der Waals surface area contributed by atoms with Gasteiger partial charge < -0.3 is 11.1 Å². The lowest BCUT2D eigenvalue weighted by molar-refractivity contribution is 0.408. The second kappa shape index (κ2) is 6.04. The summed E-state index contributed by atoms with van der Waals surface area (Å²) in [6, 6.07) is 8.44. The molecule has 9 heteroatoms. The summed E-state index contributed by atoms with van der Waals surface area (Å²) >= 11 is 5.75. The third-order valence-corrected chi connectivity index (χ3v) is 4.60. The van der Waals surface area contributed by atoms with Gasteiger partial charge in [-0.2, -0.15) is 0 Å². The summed E-state index contributed by atoms with van der Waals surface area (Å²) in [6.45, 7) is 1.77. The monoisotopic (exact) mass is 388 g/mol. The number of benzene rings is 2. The molecule has 1 aliphatic heterocycles. The van der Waals surface area contributed by atoms with E-state index < -0.39 is 11.6 Å². The van der Waals surface area contributed by atoms with Gasteiger partial charge in [-0.1, -0.05) is 17.7 Å². The number of nitrogens with zero attached hydrogens (tertiary/aromatic N) is 3. The van der Waals surface area contributed by atoms with E-state index in [-0.39, 0.29) is 16.7 Å². The largest absolute Gasteiger partial charge is 0.384 e. The minimum Gasteiger partial charge on any atom is -0.384 e. The number of aliphatic imine (C=N–C) groups is 1. The first-order chi connectivity index (χ1) is 12.8. The molecule has 1 atom stereocenters. The van der Waals surface area contributed by atoms with Crippen LogP contribution in [0.4, 0.5) is 8.78 Å². The van der Waals surface area contributed by atoms with E-state index in [1.165, 1.54) is 24.3 Å². The molecule has 1 aromatic heterocycles. The van der Waals surface area contributed by atoms with E-state index in [0.29, 0.717) is 28.2 Å². The third-order valence-electron chi connectivity index (χ3n) is 4.29. The minimum atomic E-state index is -1.51. The van der Waals surface area contributed by atoms with Crippen LogP contribution in [0.3, 0.4) is 0 Å². The molecule has 2 aromatic carbocycles. The van der Waals surface area contributed by atoms with Crippen molar-refractivity contribution in [1.29, 1.82) is 0 Å². The fraction of sp³-hybridized carbons (Fsp3) is 0.111. The molecule has 5 N–H and O–H groups in total. The highest BCUT2D eigenvalue weighted by molar-refractivity contribution is 6.30. The van der Waals surface area contributed by atoms with E-state index in [1.807, 2.05) is 0 Å². The molecule has 0 saturated heterocycles. The number of halogens is 3. The maximum atomic E-state index is 13.9. The first kappa shape index (κ1) is 17.4. The number of fused-ring (bicyclic) bond motifs is 1. The van der Waals surface area contributed by atoms with Gasteiger partial charge in [0.15, 0.2) is 0 Å². The van der Waals surface area contributed by atoms with Crippen LogP contribution in [0.2, 0.25) is 5.02 Å². The molecule has 27 heavy (non-hydrogen) atoms. The number of hydrogen-bond acceptors (Lipinski definition) is 5. The van der Waals surface area contributed by atoms with Crippen molar-refractivity contribution in [3.05, 3.63) is 70.5 Å². The summed E-state index contributed by atoms with van der Waals surface area (Å²) < 4.78 is 29.2. The minimum absolute atomic E-state index is 0.0237. The highest BCUT2D eigenvalue weighted by atomic mass is 35.5. The lowest BCUT2D eigenvalue weighted by Gasteiger charge is -2.33. The van der Waals surface area contributed by atoms with Crippen LogP contribution in [-0.2, 0) is 5.79 Å². The van der Waals surface area contributed by atoms with Gasteiger partial charge in [0.1, 0.15) is 29.1 Å². The van der Waals surface area contributed by atoms with Crippen LogP contribution in [0, 0.1) is 18.6 Å². The zero-order valence-corrected chi connectivity index (χ0v) is 14.9. The summed E-state index contributed by atoms with van der Waals surface area (Å²) in [7, 11) is 0. The van der Waals surface area contributed by atoms with Gasteiger partial charge in [-0.15, -0.1) is 0 Å². The highest BCUT2D eigenvalue weighted by Gasteiger charge is 2.32. The standard InChI is InChI=1S/C18H15ClF2N6/c1-9-24-14-7-11(20)3-5-15(14)27(9)17-8-16(22)25-18(23,26-17)10-2-4-12(19)13(21)6-10/h2-8,26H,23H2,1H3,(H2,22,25). The number of aromatic nitrogens is 2. The molecule has 0 aliphatic carbocycles. The number of nitrogens with one attached hydrogen (secondary N) is 1. The molecule has 1 aliphatic rings. The van der Waals surface area contributed by atoms with Crippen LogP contribution in [0.15, 0.2) is 47.5 Å². The van der Waals surface area contributed by atoms with Crippen molar-refractivity contribution in [3.8, 4) is 0 Å². The number of imidazole rings is 1. The quantitative estimate of drug-likeness (QED) is 0.629. The highest BCUT2D eigenvalue weighted by Crippen LogP contribution is 2.28. The Balaban J connectivity index is 1.83. The average Bonchev–Trinajstić information content (AvgIpc) is 2.91. The Labute approximate surface area is 158 Å². The Kier molecular flexibility index (Phi) is 3.90. The molecule has 0 amide bonds. The van der Waals surface area contributed by atoms with Crippen molar-refractivity contribution in [2.75, 3.05) is 0 Å². The fourth-order valence-corrected chi connectivity index (χ4v) is 3.22. The fourth-order valence-electron chi connectivity index (χ4n) is 3.10.